The fourth-order valence-electron chi connectivity index (χ4n) is 1.08. The molecule has 2 rings (SSSR count). The van der Waals surface area contributed by atoms with Crippen LogP contribution in [0.5, 0.6) is 0 Å². The molecule has 0 bridgehead atoms. The molecule has 1 atom stereocenters. The molecule has 60 valence electrons. The predicted octanol–water partition coefficient (Wildman–Crippen LogP) is 0.278. The molecule has 1 heterocycles. The van der Waals surface area contributed by atoms with E-state index in [1.54, 1.807) is 0 Å². The number of ether oxygens (including phenoxy) is 1. The topological polar surface area (TPSA) is 58.9 Å². The lowest BCUT2D eigenvalue weighted by molar-refractivity contribution is -0.144. The zero-order valence-electron chi connectivity index (χ0n) is 5.99. The van der Waals surface area contributed by atoms with Crippen molar-refractivity contribution in [3.05, 3.63) is 0 Å². The van der Waals surface area contributed by atoms with Gasteiger partial charge in [0.15, 0.2) is 5.90 Å². The van der Waals surface area contributed by atoms with Gasteiger partial charge in [0, 0.05) is 5.92 Å². The Morgan fingerprint density at radius 1 is 1.64 bits per heavy atom. The van der Waals surface area contributed by atoms with Crippen LogP contribution in [0.25, 0.3) is 0 Å². The summed E-state index contributed by atoms with van der Waals surface area (Å²) >= 11 is 0. The third-order valence-electron chi connectivity index (χ3n) is 1.88. The first-order chi connectivity index (χ1) is 5.27. The first kappa shape index (κ1) is 6.64. The summed E-state index contributed by atoms with van der Waals surface area (Å²) < 4.78 is 5.10. The number of carboxylic acid groups (broad SMARTS) is 1. The van der Waals surface area contributed by atoms with E-state index < -0.39 is 12.1 Å². The number of rotatable bonds is 2. The van der Waals surface area contributed by atoms with Gasteiger partial charge < -0.3 is 9.84 Å². The van der Waals surface area contributed by atoms with E-state index in [0.29, 0.717) is 18.4 Å². The Bertz CT molecular complexity index is 220. The summed E-state index contributed by atoms with van der Waals surface area (Å²) in [6, 6.07) is 0. The summed E-state index contributed by atoms with van der Waals surface area (Å²) in [5.41, 5.74) is 0. The minimum Gasteiger partial charge on any atom is -0.478 e. The molecule has 0 saturated heterocycles. The highest BCUT2D eigenvalue weighted by Crippen LogP contribution is 2.33. The van der Waals surface area contributed by atoms with E-state index in [4.69, 9.17) is 9.84 Å². The van der Waals surface area contributed by atoms with Crippen molar-refractivity contribution in [2.75, 3.05) is 6.54 Å². The highest BCUT2D eigenvalue weighted by Gasteiger charge is 2.36. The first-order valence-corrected chi connectivity index (χ1v) is 3.71. The number of carbonyl (C=O) groups is 1. The van der Waals surface area contributed by atoms with Gasteiger partial charge in [-0.15, -0.1) is 0 Å². The third kappa shape index (κ3) is 1.20. The summed E-state index contributed by atoms with van der Waals surface area (Å²) in [7, 11) is 0. The Kier molecular flexibility index (Phi) is 1.34. The second-order valence-corrected chi connectivity index (χ2v) is 2.90. The lowest BCUT2D eigenvalue weighted by Gasteiger charge is -2.04. The van der Waals surface area contributed by atoms with Crippen LogP contribution in [0.2, 0.25) is 0 Å². The second kappa shape index (κ2) is 2.22. The van der Waals surface area contributed by atoms with E-state index >= 15 is 0 Å². The number of aliphatic imine (C=N–C) groups is 1. The quantitative estimate of drug-likeness (QED) is 0.623. The Balaban J connectivity index is 1.94. The summed E-state index contributed by atoms with van der Waals surface area (Å²) in [6.45, 7) is 0.293. The van der Waals surface area contributed by atoms with E-state index in [0.717, 1.165) is 12.8 Å². The molecule has 1 fully saturated rings. The Morgan fingerprint density at radius 2 is 2.36 bits per heavy atom. The molecule has 1 N–H and O–H groups in total. The van der Waals surface area contributed by atoms with Crippen molar-refractivity contribution in [1.82, 2.24) is 0 Å². The monoisotopic (exact) mass is 155 g/mol. The number of nitrogens with zero attached hydrogens (tertiary/aromatic N) is 1. The van der Waals surface area contributed by atoms with E-state index in [1.165, 1.54) is 0 Å². The minimum atomic E-state index is -0.913. The molecule has 1 saturated carbocycles. The summed E-state index contributed by atoms with van der Waals surface area (Å²) in [6.07, 6.45) is 1.49. The fourth-order valence-corrected chi connectivity index (χ4v) is 1.08. The molecular weight excluding hydrogens is 146 g/mol. The molecule has 4 nitrogen and oxygen atoms in total. The fraction of sp³-hybridized carbons (Fsp3) is 0.714. The van der Waals surface area contributed by atoms with Crippen LogP contribution in [0.15, 0.2) is 4.99 Å². The molecule has 0 aromatic carbocycles. The Morgan fingerprint density at radius 3 is 2.82 bits per heavy atom. The van der Waals surface area contributed by atoms with Crippen molar-refractivity contribution in [1.29, 1.82) is 0 Å². The molecule has 4 heteroatoms. The normalized spacial score (nSPS) is 29.5. The average Bonchev–Trinajstić information content (AvgIpc) is 2.68. The van der Waals surface area contributed by atoms with Crippen molar-refractivity contribution in [2.45, 2.75) is 18.9 Å². The highest BCUT2D eigenvalue weighted by molar-refractivity contribution is 5.87. The van der Waals surface area contributed by atoms with Gasteiger partial charge in [0.2, 0.25) is 6.10 Å². The van der Waals surface area contributed by atoms with Crippen LogP contribution in [0.4, 0.5) is 0 Å². The van der Waals surface area contributed by atoms with Gasteiger partial charge in [-0.05, 0) is 12.8 Å². The van der Waals surface area contributed by atoms with Gasteiger partial charge >= 0.3 is 5.97 Å². The van der Waals surface area contributed by atoms with Crippen LogP contribution in [-0.2, 0) is 9.53 Å². The van der Waals surface area contributed by atoms with Gasteiger partial charge in [-0.2, -0.15) is 0 Å². The first-order valence-electron chi connectivity index (χ1n) is 3.71. The van der Waals surface area contributed by atoms with Crippen LogP contribution < -0.4 is 0 Å². The van der Waals surface area contributed by atoms with Crippen molar-refractivity contribution in [2.24, 2.45) is 10.9 Å². The van der Waals surface area contributed by atoms with E-state index in [2.05, 4.69) is 4.99 Å². The van der Waals surface area contributed by atoms with Gasteiger partial charge in [-0.3, -0.25) is 4.99 Å². The van der Waals surface area contributed by atoms with Crippen LogP contribution >= 0.6 is 0 Å². The molecule has 11 heavy (non-hydrogen) atoms. The summed E-state index contributed by atoms with van der Waals surface area (Å²) in [4.78, 5) is 14.4. The van der Waals surface area contributed by atoms with Crippen LogP contribution in [-0.4, -0.2) is 29.6 Å². The molecular formula is C7H9NO3. The van der Waals surface area contributed by atoms with E-state index in [-0.39, 0.29) is 0 Å². The van der Waals surface area contributed by atoms with Gasteiger partial charge in [-0.1, -0.05) is 0 Å². The molecule has 0 aromatic rings. The van der Waals surface area contributed by atoms with Crippen molar-refractivity contribution >= 4 is 11.9 Å². The number of hydrogen-bond acceptors (Lipinski definition) is 3. The summed E-state index contributed by atoms with van der Waals surface area (Å²) in [5, 5.41) is 8.53. The van der Waals surface area contributed by atoms with E-state index in [9.17, 15) is 4.79 Å². The molecule has 0 aromatic heterocycles. The smallest absolute Gasteiger partial charge is 0.346 e. The zero-order valence-corrected chi connectivity index (χ0v) is 5.99. The Hall–Kier alpha value is -1.06. The molecule has 2 aliphatic rings. The van der Waals surface area contributed by atoms with Gasteiger partial charge in [0.25, 0.3) is 0 Å². The zero-order chi connectivity index (χ0) is 7.84. The minimum absolute atomic E-state index is 0.293. The maximum atomic E-state index is 10.4. The maximum absolute atomic E-state index is 10.4. The summed E-state index contributed by atoms with van der Waals surface area (Å²) in [5.74, 6) is 0.182. The standard InChI is InChI=1S/C7H9NO3/c9-7(10)5-3-8-6(11-5)4-1-2-4/h4-5H,1-3H2,(H,9,10). The molecule has 0 radical (unpaired) electrons. The largest absolute Gasteiger partial charge is 0.478 e. The van der Waals surface area contributed by atoms with Crippen LogP contribution in [0, 0.1) is 5.92 Å². The highest BCUT2D eigenvalue weighted by atomic mass is 16.5. The van der Waals surface area contributed by atoms with Gasteiger partial charge in [0.05, 0.1) is 6.54 Å². The number of hydrogen-bond donors (Lipinski definition) is 1. The Labute approximate surface area is 63.9 Å². The van der Waals surface area contributed by atoms with Gasteiger partial charge in [0.1, 0.15) is 0 Å². The number of carboxylic acids is 1. The molecule has 0 spiro atoms. The predicted molar refractivity (Wildman–Crippen MR) is 37.5 cm³/mol. The lowest BCUT2D eigenvalue weighted by Crippen LogP contribution is -2.24. The molecule has 1 aliphatic carbocycles. The second-order valence-electron chi connectivity index (χ2n) is 2.90. The van der Waals surface area contributed by atoms with Crippen molar-refractivity contribution < 1.29 is 14.6 Å². The molecule has 1 unspecified atom stereocenters. The average molecular weight is 155 g/mol. The van der Waals surface area contributed by atoms with Crippen LogP contribution in [0.1, 0.15) is 12.8 Å². The maximum Gasteiger partial charge on any atom is 0.346 e. The number of aliphatic carboxylic acids is 1. The van der Waals surface area contributed by atoms with Crippen molar-refractivity contribution in [3.63, 3.8) is 0 Å². The van der Waals surface area contributed by atoms with Crippen molar-refractivity contribution in [3.8, 4) is 0 Å². The molecule has 0 amide bonds. The lowest BCUT2D eigenvalue weighted by atomic mass is 10.4. The third-order valence-corrected chi connectivity index (χ3v) is 1.88. The van der Waals surface area contributed by atoms with Crippen LogP contribution in [0.3, 0.4) is 0 Å². The SMILES string of the molecule is O=C(O)C1CN=C(C2CC2)O1. The molecule has 1 aliphatic heterocycles. The van der Waals surface area contributed by atoms with Gasteiger partial charge in [-0.25, -0.2) is 4.79 Å². The van der Waals surface area contributed by atoms with E-state index in [1.807, 2.05) is 0 Å².